The van der Waals surface area contributed by atoms with Crippen molar-refractivity contribution in [3.05, 3.63) is 23.8 Å². The summed E-state index contributed by atoms with van der Waals surface area (Å²) in [7, 11) is 3.23. The molecule has 3 rings (SSSR count). The summed E-state index contributed by atoms with van der Waals surface area (Å²) in [5.74, 6) is -1.53. The molecule has 0 spiro atoms. The molecule has 0 saturated carbocycles. The van der Waals surface area contributed by atoms with Gasteiger partial charge < -0.3 is 14.4 Å². The van der Waals surface area contributed by atoms with Gasteiger partial charge in [0.25, 0.3) is 5.92 Å². The topological polar surface area (TPSA) is 54.0 Å². The van der Waals surface area contributed by atoms with Crippen molar-refractivity contribution in [1.29, 1.82) is 0 Å². The molecule has 26 heavy (non-hydrogen) atoms. The van der Waals surface area contributed by atoms with Gasteiger partial charge in [-0.15, -0.1) is 0 Å². The van der Waals surface area contributed by atoms with Crippen molar-refractivity contribution in [3.63, 3.8) is 0 Å². The van der Waals surface area contributed by atoms with Crippen LogP contribution in [0.5, 0.6) is 11.5 Å². The van der Waals surface area contributed by atoms with Gasteiger partial charge in [-0.3, -0.25) is 15.0 Å². The van der Waals surface area contributed by atoms with Gasteiger partial charge in [0, 0.05) is 45.2 Å². The normalized spacial score (nSPS) is 23.1. The highest BCUT2D eigenvalue weighted by Gasteiger charge is 2.43. The lowest BCUT2D eigenvalue weighted by Gasteiger charge is -2.36. The van der Waals surface area contributed by atoms with E-state index in [0.29, 0.717) is 26.2 Å². The molecule has 0 bridgehead atoms. The van der Waals surface area contributed by atoms with Crippen LogP contribution in [0.4, 0.5) is 8.78 Å². The first kappa shape index (κ1) is 18.8. The fraction of sp³-hybridized carbons (Fsp3) is 0.611. The summed E-state index contributed by atoms with van der Waals surface area (Å²) in [6, 6.07) is 4.99. The molecule has 144 valence electrons. The van der Waals surface area contributed by atoms with Gasteiger partial charge in [0.05, 0.1) is 26.8 Å². The standard InChI is InChI=1S/C18H25F2N3O3/c1-25-14-7-13(8-15(9-14)26-2)11-22-3-5-23(6-4-22)17(24)16-10-18(19,20)12-21-16/h7-9,16,21H,3-6,10-12H2,1-2H3. The summed E-state index contributed by atoms with van der Waals surface area (Å²) in [4.78, 5) is 16.3. The van der Waals surface area contributed by atoms with E-state index in [2.05, 4.69) is 10.2 Å². The van der Waals surface area contributed by atoms with E-state index in [1.54, 1.807) is 19.1 Å². The van der Waals surface area contributed by atoms with Gasteiger partial charge in [0.1, 0.15) is 11.5 Å². The molecule has 2 aliphatic rings. The Morgan fingerprint density at radius 2 is 1.77 bits per heavy atom. The van der Waals surface area contributed by atoms with Crippen molar-refractivity contribution >= 4 is 5.91 Å². The van der Waals surface area contributed by atoms with E-state index < -0.39 is 24.9 Å². The average Bonchev–Trinajstić information content (AvgIpc) is 3.01. The third-order valence-electron chi connectivity index (χ3n) is 4.91. The Hall–Kier alpha value is -1.93. The number of hydrogen-bond acceptors (Lipinski definition) is 5. The molecule has 0 radical (unpaired) electrons. The van der Waals surface area contributed by atoms with Crippen molar-refractivity contribution in [3.8, 4) is 11.5 Å². The molecule has 2 saturated heterocycles. The van der Waals surface area contributed by atoms with E-state index in [1.807, 2.05) is 18.2 Å². The van der Waals surface area contributed by atoms with Crippen molar-refractivity contribution in [2.75, 3.05) is 46.9 Å². The maximum absolute atomic E-state index is 13.3. The number of carbonyl (C=O) groups is 1. The number of piperazine rings is 1. The maximum Gasteiger partial charge on any atom is 0.262 e. The molecule has 2 aliphatic heterocycles. The number of methoxy groups -OCH3 is 2. The highest BCUT2D eigenvalue weighted by Crippen LogP contribution is 2.27. The third-order valence-corrected chi connectivity index (χ3v) is 4.91. The van der Waals surface area contributed by atoms with Crippen LogP contribution in [0.3, 0.4) is 0 Å². The molecule has 8 heteroatoms. The van der Waals surface area contributed by atoms with E-state index in [0.717, 1.165) is 23.6 Å². The molecule has 1 N–H and O–H groups in total. The van der Waals surface area contributed by atoms with Crippen molar-refractivity contribution in [2.45, 2.75) is 24.9 Å². The fourth-order valence-electron chi connectivity index (χ4n) is 3.45. The summed E-state index contributed by atoms with van der Waals surface area (Å²) in [5.41, 5.74) is 1.07. The van der Waals surface area contributed by atoms with Crippen LogP contribution in [-0.4, -0.2) is 74.6 Å². The molecular weight excluding hydrogens is 344 g/mol. The number of carbonyl (C=O) groups excluding carboxylic acids is 1. The predicted octanol–water partition coefficient (Wildman–Crippen LogP) is 1.35. The highest BCUT2D eigenvalue weighted by atomic mass is 19.3. The summed E-state index contributed by atoms with van der Waals surface area (Å²) in [5, 5.41) is 2.64. The Bertz CT molecular complexity index is 626. The number of nitrogens with one attached hydrogen (secondary N) is 1. The van der Waals surface area contributed by atoms with Crippen molar-refractivity contribution < 1.29 is 23.0 Å². The third kappa shape index (κ3) is 4.42. The van der Waals surface area contributed by atoms with Gasteiger partial charge in [0.15, 0.2) is 0 Å². The molecule has 2 fully saturated rings. The molecule has 2 heterocycles. The molecule has 1 aromatic carbocycles. The van der Waals surface area contributed by atoms with Crippen molar-refractivity contribution in [2.24, 2.45) is 0 Å². The molecule has 1 unspecified atom stereocenters. The first-order valence-electron chi connectivity index (χ1n) is 8.74. The van der Waals surface area contributed by atoms with E-state index >= 15 is 0 Å². The molecular formula is C18H25F2N3O3. The van der Waals surface area contributed by atoms with Gasteiger partial charge >= 0.3 is 0 Å². The van der Waals surface area contributed by atoms with Crippen LogP contribution in [0.2, 0.25) is 0 Å². The number of benzene rings is 1. The van der Waals surface area contributed by atoms with Gasteiger partial charge in [-0.1, -0.05) is 0 Å². The fourth-order valence-corrected chi connectivity index (χ4v) is 3.45. The van der Waals surface area contributed by atoms with Crippen LogP contribution in [-0.2, 0) is 11.3 Å². The van der Waals surface area contributed by atoms with E-state index in [4.69, 9.17) is 9.47 Å². The lowest BCUT2D eigenvalue weighted by molar-refractivity contribution is -0.135. The Balaban J connectivity index is 1.53. The first-order valence-corrected chi connectivity index (χ1v) is 8.74. The number of hydrogen-bond donors (Lipinski definition) is 1. The van der Waals surface area contributed by atoms with Crippen LogP contribution >= 0.6 is 0 Å². The summed E-state index contributed by atoms with van der Waals surface area (Å²) in [6.07, 6.45) is -0.407. The Morgan fingerprint density at radius 1 is 1.15 bits per heavy atom. The zero-order chi connectivity index (χ0) is 18.7. The minimum atomic E-state index is -2.78. The van der Waals surface area contributed by atoms with Crippen LogP contribution in [0.25, 0.3) is 0 Å². The van der Waals surface area contributed by atoms with Crippen LogP contribution in [0.15, 0.2) is 18.2 Å². The molecule has 1 atom stereocenters. The molecule has 1 aromatic rings. The van der Waals surface area contributed by atoms with E-state index in [-0.39, 0.29) is 5.91 Å². The monoisotopic (exact) mass is 369 g/mol. The molecule has 0 aliphatic carbocycles. The number of alkyl halides is 2. The van der Waals surface area contributed by atoms with Crippen LogP contribution < -0.4 is 14.8 Å². The average molecular weight is 369 g/mol. The highest BCUT2D eigenvalue weighted by molar-refractivity contribution is 5.82. The van der Waals surface area contributed by atoms with Gasteiger partial charge in [-0.2, -0.15) is 0 Å². The minimum absolute atomic E-state index is 0.218. The number of rotatable bonds is 5. The van der Waals surface area contributed by atoms with Crippen LogP contribution in [0.1, 0.15) is 12.0 Å². The number of nitrogens with zero attached hydrogens (tertiary/aromatic N) is 2. The van der Waals surface area contributed by atoms with E-state index in [1.165, 1.54) is 0 Å². The SMILES string of the molecule is COc1cc(CN2CCN(C(=O)C3CC(F)(F)CN3)CC2)cc(OC)c1. The summed E-state index contributed by atoms with van der Waals surface area (Å²) in [6.45, 7) is 2.80. The molecule has 0 aromatic heterocycles. The van der Waals surface area contributed by atoms with Crippen LogP contribution in [0, 0.1) is 0 Å². The minimum Gasteiger partial charge on any atom is -0.497 e. The lowest BCUT2D eigenvalue weighted by atomic mass is 10.1. The number of halogens is 2. The Morgan fingerprint density at radius 3 is 2.27 bits per heavy atom. The second-order valence-corrected chi connectivity index (χ2v) is 6.82. The summed E-state index contributed by atoms with van der Waals surface area (Å²) >= 11 is 0. The summed E-state index contributed by atoms with van der Waals surface area (Å²) < 4.78 is 37.2. The lowest BCUT2D eigenvalue weighted by Crippen LogP contribution is -2.52. The van der Waals surface area contributed by atoms with Gasteiger partial charge in [-0.05, 0) is 17.7 Å². The smallest absolute Gasteiger partial charge is 0.262 e. The molecule has 6 nitrogen and oxygen atoms in total. The van der Waals surface area contributed by atoms with Gasteiger partial charge in [0.2, 0.25) is 5.91 Å². The van der Waals surface area contributed by atoms with E-state index in [9.17, 15) is 13.6 Å². The Kier molecular flexibility index (Phi) is 5.62. The quantitative estimate of drug-likeness (QED) is 0.849. The predicted molar refractivity (Wildman–Crippen MR) is 92.8 cm³/mol. The maximum atomic E-state index is 13.3. The Labute approximate surface area is 152 Å². The zero-order valence-electron chi connectivity index (χ0n) is 15.1. The first-order chi connectivity index (χ1) is 12.4. The zero-order valence-corrected chi connectivity index (χ0v) is 15.1. The molecule has 1 amide bonds. The largest absolute Gasteiger partial charge is 0.497 e. The van der Waals surface area contributed by atoms with Gasteiger partial charge in [-0.25, -0.2) is 8.78 Å². The second-order valence-electron chi connectivity index (χ2n) is 6.82. The number of ether oxygens (including phenoxy) is 2. The number of amides is 1. The van der Waals surface area contributed by atoms with Crippen molar-refractivity contribution in [1.82, 2.24) is 15.1 Å². The second kappa shape index (κ2) is 7.75.